The molecule has 0 radical (unpaired) electrons. The van der Waals surface area contributed by atoms with Crippen molar-refractivity contribution < 1.29 is 29.3 Å². The third kappa shape index (κ3) is 5.31. The third-order valence-electron chi connectivity index (χ3n) is 9.41. The van der Waals surface area contributed by atoms with E-state index in [9.17, 15) is 19.8 Å². The number of aliphatic hydroxyl groups is 2. The minimum absolute atomic E-state index is 0.0305. The maximum atomic E-state index is 13.5. The highest BCUT2D eigenvalue weighted by Crippen LogP contribution is 2.63. The van der Waals surface area contributed by atoms with Crippen LogP contribution in [0.3, 0.4) is 0 Å². The highest BCUT2D eigenvalue weighted by Gasteiger charge is 2.59. The number of nitrogens with one attached hydrogen (secondary N) is 1. The first kappa shape index (κ1) is 28.0. The minimum atomic E-state index is -0.688. The Bertz CT molecular complexity index is 1200. The number of amides is 2. The third-order valence-corrected chi connectivity index (χ3v) is 10.4. The molecule has 9 nitrogen and oxygen atoms in total. The summed E-state index contributed by atoms with van der Waals surface area (Å²) in [7, 11) is 1.61. The van der Waals surface area contributed by atoms with Gasteiger partial charge < -0.3 is 29.9 Å². The van der Waals surface area contributed by atoms with E-state index in [-0.39, 0.29) is 42.1 Å². The van der Waals surface area contributed by atoms with Gasteiger partial charge in [0.05, 0.1) is 45.1 Å². The van der Waals surface area contributed by atoms with Crippen LogP contribution in [0.25, 0.3) is 0 Å². The standard InChI is InChI=1S/C29H39N3O6S/c1-28-9-8-23(34)29(2,17-33)22(28)16-21-26(20(28)15-25(36)32-10-12-38-13-11-32)31-27(39-21)30-24(35)14-18-4-6-19(37-3)7-5-18/h4-7,20,22-23,33-34H,8-17H2,1-3H3,(H,30,31,35). The van der Waals surface area contributed by atoms with E-state index in [2.05, 4.69) is 12.2 Å². The molecule has 212 valence electrons. The lowest BCUT2D eigenvalue weighted by molar-refractivity contribution is -0.149. The zero-order valence-corrected chi connectivity index (χ0v) is 23.8. The predicted octanol–water partition coefficient (Wildman–Crippen LogP) is 3.00. The summed E-state index contributed by atoms with van der Waals surface area (Å²) in [4.78, 5) is 34.2. The van der Waals surface area contributed by atoms with Gasteiger partial charge in [0.1, 0.15) is 5.75 Å². The summed E-state index contributed by atoms with van der Waals surface area (Å²) in [6.07, 6.45) is 1.86. The molecule has 0 spiro atoms. The molecule has 1 saturated carbocycles. The number of thiazole rings is 1. The van der Waals surface area contributed by atoms with Crippen molar-refractivity contribution in [3.05, 3.63) is 40.4 Å². The zero-order valence-electron chi connectivity index (χ0n) is 22.9. The van der Waals surface area contributed by atoms with E-state index in [0.717, 1.165) is 28.3 Å². The second kappa shape index (κ2) is 11.2. The fourth-order valence-corrected chi connectivity index (χ4v) is 7.99. The van der Waals surface area contributed by atoms with Gasteiger partial charge >= 0.3 is 0 Å². The summed E-state index contributed by atoms with van der Waals surface area (Å²) >= 11 is 1.44. The van der Waals surface area contributed by atoms with Crippen LogP contribution >= 0.6 is 11.3 Å². The van der Waals surface area contributed by atoms with Crippen LogP contribution in [-0.2, 0) is 27.2 Å². The molecule has 3 N–H and O–H groups in total. The van der Waals surface area contributed by atoms with E-state index in [4.69, 9.17) is 14.5 Å². The number of carbonyl (C=O) groups excluding carboxylic acids is 2. The van der Waals surface area contributed by atoms with E-state index in [0.29, 0.717) is 50.7 Å². The molecule has 2 aromatic rings. The van der Waals surface area contributed by atoms with Crippen LogP contribution in [0.2, 0.25) is 0 Å². The lowest BCUT2D eigenvalue weighted by atomic mass is 9.47. The van der Waals surface area contributed by atoms with Crippen LogP contribution in [0.15, 0.2) is 24.3 Å². The van der Waals surface area contributed by atoms with Crippen molar-refractivity contribution in [2.75, 3.05) is 45.3 Å². The second-order valence-electron chi connectivity index (χ2n) is 11.6. The van der Waals surface area contributed by atoms with Gasteiger partial charge in [0.2, 0.25) is 11.8 Å². The number of hydrogen-bond donors (Lipinski definition) is 3. The van der Waals surface area contributed by atoms with E-state index < -0.39 is 11.5 Å². The largest absolute Gasteiger partial charge is 0.497 e. The van der Waals surface area contributed by atoms with Gasteiger partial charge in [-0.2, -0.15) is 0 Å². The first-order chi connectivity index (χ1) is 18.7. The van der Waals surface area contributed by atoms with Gasteiger partial charge in [0.25, 0.3) is 0 Å². The molecule has 2 amide bonds. The summed E-state index contributed by atoms with van der Waals surface area (Å²) in [5.74, 6) is 0.442. The number of nitrogens with zero attached hydrogens (tertiary/aromatic N) is 2. The Morgan fingerprint density at radius 3 is 2.62 bits per heavy atom. The molecule has 2 heterocycles. The van der Waals surface area contributed by atoms with Crippen molar-refractivity contribution in [2.45, 2.75) is 58.0 Å². The molecular formula is C29H39N3O6S. The van der Waals surface area contributed by atoms with Crippen LogP contribution in [0.1, 0.15) is 55.2 Å². The van der Waals surface area contributed by atoms with E-state index in [1.54, 1.807) is 7.11 Å². The van der Waals surface area contributed by atoms with Crippen molar-refractivity contribution in [1.29, 1.82) is 0 Å². The monoisotopic (exact) mass is 557 g/mol. The Kier molecular flexibility index (Phi) is 8.01. The van der Waals surface area contributed by atoms with Gasteiger partial charge in [-0.25, -0.2) is 4.98 Å². The highest BCUT2D eigenvalue weighted by molar-refractivity contribution is 7.15. The fourth-order valence-electron chi connectivity index (χ4n) is 6.91. The molecule has 3 aliphatic rings. The Morgan fingerprint density at radius 2 is 1.95 bits per heavy atom. The quantitative estimate of drug-likeness (QED) is 0.479. The molecule has 2 aliphatic carbocycles. The highest BCUT2D eigenvalue weighted by atomic mass is 32.1. The molecule has 1 aromatic carbocycles. The maximum Gasteiger partial charge on any atom is 0.230 e. The number of fused-ring (bicyclic) bond motifs is 2. The lowest BCUT2D eigenvalue weighted by Crippen LogP contribution is -2.58. The number of carbonyl (C=O) groups is 2. The summed E-state index contributed by atoms with van der Waals surface area (Å²) in [6.45, 7) is 6.26. The van der Waals surface area contributed by atoms with Gasteiger partial charge in [0, 0.05) is 35.7 Å². The summed E-state index contributed by atoms with van der Waals surface area (Å²) in [5.41, 5.74) is 0.725. The van der Waals surface area contributed by atoms with Gasteiger partial charge in [-0.3, -0.25) is 9.59 Å². The Morgan fingerprint density at radius 1 is 1.23 bits per heavy atom. The number of aromatic nitrogens is 1. The Labute approximate surface area is 233 Å². The summed E-state index contributed by atoms with van der Waals surface area (Å²) < 4.78 is 10.6. The summed E-state index contributed by atoms with van der Waals surface area (Å²) in [5, 5.41) is 24.9. The van der Waals surface area contributed by atoms with E-state index in [1.807, 2.05) is 36.1 Å². The van der Waals surface area contributed by atoms with Crippen molar-refractivity contribution in [1.82, 2.24) is 9.88 Å². The second-order valence-corrected chi connectivity index (χ2v) is 12.7. The van der Waals surface area contributed by atoms with Gasteiger partial charge in [-0.1, -0.05) is 26.0 Å². The Balaban J connectivity index is 1.43. The number of morpholine rings is 1. The van der Waals surface area contributed by atoms with Crippen LogP contribution in [-0.4, -0.2) is 78.0 Å². The van der Waals surface area contributed by atoms with Gasteiger partial charge in [0.15, 0.2) is 5.13 Å². The van der Waals surface area contributed by atoms with E-state index in [1.165, 1.54) is 11.3 Å². The molecule has 1 aliphatic heterocycles. The molecule has 10 heteroatoms. The first-order valence-corrected chi connectivity index (χ1v) is 14.6. The van der Waals surface area contributed by atoms with Crippen molar-refractivity contribution in [2.24, 2.45) is 16.7 Å². The van der Waals surface area contributed by atoms with Crippen LogP contribution in [0.5, 0.6) is 5.75 Å². The van der Waals surface area contributed by atoms with Crippen LogP contribution in [0, 0.1) is 16.7 Å². The predicted molar refractivity (Wildman–Crippen MR) is 148 cm³/mol. The molecule has 5 atom stereocenters. The van der Waals surface area contributed by atoms with Crippen LogP contribution < -0.4 is 10.1 Å². The zero-order chi connectivity index (χ0) is 27.8. The molecule has 2 fully saturated rings. The average Bonchev–Trinajstić information content (AvgIpc) is 3.34. The molecule has 0 bridgehead atoms. The normalized spacial score (nSPS) is 30.3. The summed E-state index contributed by atoms with van der Waals surface area (Å²) in [6, 6.07) is 7.39. The Hall–Kier alpha value is -2.53. The molecule has 5 unspecified atom stereocenters. The van der Waals surface area contributed by atoms with Crippen molar-refractivity contribution in [3.63, 3.8) is 0 Å². The molecule has 1 aromatic heterocycles. The SMILES string of the molecule is COc1ccc(CC(=O)Nc2nc3c(s2)CC2C(C)(CO)C(O)CCC2(C)C3CC(=O)N2CCOCC2)cc1. The number of hydrogen-bond acceptors (Lipinski definition) is 8. The lowest BCUT2D eigenvalue weighted by Gasteiger charge is -2.58. The number of benzene rings is 1. The first-order valence-electron chi connectivity index (χ1n) is 13.7. The van der Waals surface area contributed by atoms with Gasteiger partial charge in [-0.05, 0) is 48.3 Å². The average molecular weight is 558 g/mol. The molecule has 39 heavy (non-hydrogen) atoms. The number of aliphatic hydroxyl groups excluding tert-OH is 2. The van der Waals surface area contributed by atoms with Crippen molar-refractivity contribution >= 4 is 28.3 Å². The minimum Gasteiger partial charge on any atom is -0.497 e. The number of anilines is 1. The number of ether oxygens (including phenoxy) is 2. The number of rotatable bonds is 7. The maximum absolute atomic E-state index is 13.5. The van der Waals surface area contributed by atoms with Crippen LogP contribution in [0.4, 0.5) is 5.13 Å². The number of methoxy groups -OCH3 is 1. The molecule has 5 rings (SSSR count). The van der Waals surface area contributed by atoms with E-state index >= 15 is 0 Å². The smallest absolute Gasteiger partial charge is 0.230 e. The topological polar surface area (TPSA) is 121 Å². The fraction of sp³-hybridized carbons (Fsp3) is 0.621. The van der Waals surface area contributed by atoms with Gasteiger partial charge in [-0.15, -0.1) is 11.3 Å². The van der Waals surface area contributed by atoms with Crippen molar-refractivity contribution in [3.8, 4) is 5.75 Å². The molecular weight excluding hydrogens is 518 g/mol. The molecule has 1 saturated heterocycles.